The van der Waals surface area contributed by atoms with Crippen molar-refractivity contribution in [2.24, 2.45) is 11.7 Å². The number of benzene rings is 3. The summed E-state index contributed by atoms with van der Waals surface area (Å²) in [5.41, 5.74) is 6.56. The lowest BCUT2D eigenvalue weighted by Gasteiger charge is -2.23. The molecule has 0 unspecified atom stereocenters. The highest BCUT2D eigenvalue weighted by Gasteiger charge is 2.23. The fourth-order valence-electron chi connectivity index (χ4n) is 5.08. The Kier molecular flexibility index (Phi) is 10.0. The lowest BCUT2D eigenvalue weighted by atomic mass is 9.99. The van der Waals surface area contributed by atoms with E-state index in [1.807, 2.05) is 0 Å². The molecule has 12 heteroatoms. The molecule has 4 aromatic rings. The van der Waals surface area contributed by atoms with Crippen molar-refractivity contribution in [1.29, 1.82) is 0 Å². The van der Waals surface area contributed by atoms with Gasteiger partial charge in [-0.05, 0) is 80.2 Å². The number of hydrogen-bond acceptors (Lipinski definition) is 7. The van der Waals surface area contributed by atoms with Crippen molar-refractivity contribution in [3.8, 4) is 23.0 Å². The van der Waals surface area contributed by atoms with Crippen LogP contribution in [0.5, 0.6) is 23.0 Å². The number of rotatable bonds is 10. The second kappa shape index (κ2) is 14.1. The maximum Gasteiger partial charge on any atom is 0.316 e. The van der Waals surface area contributed by atoms with Crippen molar-refractivity contribution < 1.29 is 28.2 Å². The highest BCUT2D eigenvalue weighted by molar-refractivity contribution is 6.40. The monoisotopic (exact) mass is 640 g/mol. The van der Waals surface area contributed by atoms with E-state index in [4.69, 9.17) is 43.1 Å². The Morgan fingerprint density at radius 1 is 1.02 bits per heavy atom. The average molecular weight is 642 g/mol. The molecule has 0 spiro atoms. The molecule has 1 saturated heterocycles. The minimum Gasteiger partial charge on any atom is -0.493 e. The summed E-state index contributed by atoms with van der Waals surface area (Å²) in [4.78, 5) is 30.0. The van der Waals surface area contributed by atoms with E-state index in [9.17, 15) is 9.59 Å². The quantitative estimate of drug-likeness (QED) is 0.207. The number of halogens is 3. The Morgan fingerprint density at radius 2 is 1.77 bits per heavy atom. The molecule has 1 aliphatic heterocycles. The molecule has 1 fully saturated rings. The topological polar surface area (TPSA) is 116 Å². The Hall–Kier alpha value is -4.12. The van der Waals surface area contributed by atoms with E-state index >= 15 is 4.39 Å². The number of piperidine rings is 1. The summed E-state index contributed by atoms with van der Waals surface area (Å²) in [7, 11) is 1.55. The summed E-state index contributed by atoms with van der Waals surface area (Å²) < 4.78 is 33.1. The Balaban J connectivity index is 1.37. The summed E-state index contributed by atoms with van der Waals surface area (Å²) >= 11 is 12.5. The molecule has 44 heavy (non-hydrogen) atoms. The van der Waals surface area contributed by atoms with Gasteiger partial charge < -0.3 is 30.2 Å². The van der Waals surface area contributed by atoms with E-state index < -0.39 is 17.6 Å². The summed E-state index contributed by atoms with van der Waals surface area (Å²) in [5, 5.41) is 4.74. The van der Waals surface area contributed by atoms with E-state index in [1.165, 1.54) is 12.1 Å². The lowest BCUT2D eigenvalue weighted by molar-refractivity contribution is -0.135. The number of aromatic nitrogens is 1. The van der Waals surface area contributed by atoms with Gasteiger partial charge in [0, 0.05) is 46.0 Å². The largest absolute Gasteiger partial charge is 0.493 e. The number of carbonyl (C=O) groups is 2. The third-order valence-electron chi connectivity index (χ3n) is 7.47. The third kappa shape index (κ3) is 7.15. The predicted octanol–water partition coefficient (Wildman–Crippen LogP) is 5.92. The molecule has 0 saturated carbocycles. The number of primary amides is 1. The molecule has 0 radical (unpaired) electrons. The van der Waals surface area contributed by atoms with E-state index in [2.05, 4.69) is 10.3 Å². The zero-order valence-electron chi connectivity index (χ0n) is 23.9. The van der Waals surface area contributed by atoms with Gasteiger partial charge in [-0.3, -0.25) is 14.6 Å². The highest BCUT2D eigenvalue weighted by Crippen LogP contribution is 2.38. The van der Waals surface area contributed by atoms with Gasteiger partial charge in [0.2, 0.25) is 0 Å². The first-order chi connectivity index (χ1) is 21.2. The number of methoxy groups -OCH3 is 1. The molecular formula is C32H31Cl2FN4O5. The Bertz CT molecular complexity index is 1660. The van der Waals surface area contributed by atoms with Gasteiger partial charge in [-0.15, -0.1) is 0 Å². The zero-order chi connectivity index (χ0) is 31.2. The van der Waals surface area contributed by atoms with Gasteiger partial charge in [0.1, 0.15) is 5.75 Å². The molecule has 230 valence electrons. The first-order valence-electron chi connectivity index (χ1n) is 14.1. The number of fused-ring (bicyclic) bond motifs is 1. The van der Waals surface area contributed by atoms with Gasteiger partial charge in [0.05, 0.1) is 19.2 Å². The lowest BCUT2D eigenvalue weighted by Crippen LogP contribution is -2.41. The molecule has 1 aromatic heterocycles. The molecular weight excluding hydrogens is 610 g/mol. The van der Waals surface area contributed by atoms with E-state index in [0.29, 0.717) is 56.3 Å². The van der Waals surface area contributed by atoms with E-state index in [-0.39, 0.29) is 24.4 Å². The van der Waals surface area contributed by atoms with Crippen LogP contribution in [-0.2, 0) is 16.0 Å². The van der Waals surface area contributed by atoms with Crippen LogP contribution in [0.2, 0.25) is 10.0 Å². The van der Waals surface area contributed by atoms with Crippen LogP contribution in [0.3, 0.4) is 0 Å². The average Bonchev–Trinajstić information content (AvgIpc) is 3.02. The summed E-state index contributed by atoms with van der Waals surface area (Å²) in [5.74, 6) is -1.21. The highest BCUT2D eigenvalue weighted by atomic mass is 35.5. The van der Waals surface area contributed by atoms with Gasteiger partial charge in [-0.25, -0.2) is 4.39 Å². The first-order valence-corrected chi connectivity index (χ1v) is 14.8. The van der Waals surface area contributed by atoms with Crippen LogP contribution >= 0.6 is 23.2 Å². The van der Waals surface area contributed by atoms with Crippen molar-refractivity contribution in [1.82, 2.24) is 10.3 Å². The molecule has 3 N–H and O–H groups in total. The fourth-order valence-corrected chi connectivity index (χ4v) is 5.67. The molecule has 9 nitrogen and oxygen atoms in total. The molecule has 0 aliphatic carbocycles. The summed E-state index contributed by atoms with van der Waals surface area (Å²) in [6, 6.07) is 14.1. The summed E-state index contributed by atoms with van der Waals surface area (Å²) in [6.07, 6.45) is 3.84. The van der Waals surface area contributed by atoms with Crippen LogP contribution in [0.1, 0.15) is 18.4 Å². The van der Waals surface area contributed by atoms with Crippen LogP contribution in [-0.4, -0.2) is 50.1 Å². The van der Waals surface area contributed by atoms with Crippen LogP contribution in [0.15, 0.2) is 60.8 Å². The smallest absolute Gasteiger partial charge is 0.316 e. The number of nitrogens with zero attached hydrogens (tertiary/aromatic N) is 2. The normalized spacial score (nSPS) is 13.5. The predicted molar refractivity (Wildman–Crippen MR) is 168 cm³/mol. The molecule has 0 bridgehead atoms. The number of pyridine rings is 1. The van der Waals surface area contributed by atoms with Crippen molar-refractivity contribution in [2.75, 3.05) is 38.3 Å². The van der Waals surface area contributed by atoms with Gasteiger partial charge in [-0.1, -0.05) is 29.3 Å². The van der Waals surface area contributed by atoms with Gasteiger partial charge in [0.15, 0.2) is 23.1 Å². The number of nitrogens with two attached hydrogens (primary N) is 1. The molecule has 0 atom stereocenters. The van der Waals surface area contributed by atoms with Crippen molar-refractivity contribution in [2.45, 2.75) is 19.3 Å². The minimum atomic E-state index is -1.19. The maximum absolute atomic E-state index is 15.5. The van der Waals surface area contributed by atoms with Gasteiger partial charge >= 0.3 is 11.8 Å². The van der Waals surface area contributed by atoms with Crippen molar-refractivity contribution >= 4 is 51.6 Å². The van der Waals surface area contributed by atoms with Gasteiger partial charge in [-0.2, -0.15) is 0 Å². The summed E-state index contributed by atoms with van der Waals surface area (Å²) in [6.45, 7) is 2.48. The van der Waals surface area contributed by atoms with Gasteiger partial charge in [0.25, 0.3) is 0 Å². The molecule has 5 rings (SSSR count). The fraction of sp³-hybridized carbons (Fsp3) is 0.281. The number of hydrogen-bond donors (Lipinski definition) is 2. The maximum atomic E-state index is 15.5. The molecule has 3 aromatic carbocycles. The Morgan fingerprint density at radius 3 is 2.45 bits per heavy atom. The van der Waals surface area contributed by atoms with Crippen LogP contribution in [0.4, 0.5) is 10.1 Å². The number of nitrogens with one attached hydrogen (secondary N) is 1. The standard InChI is InChI=1S/C32H31Cl2FN4O5/c1-42-29-16-22-26(17-30(29)43-18-19-7-11-37-12-8-19)38-13-9-27(22)44-28-6-5-20(15-25(28)35)39(32(41)31(36)40)14-10-21-23(33)3-2-4-24(21)34/h2-6,9,13,15-17,19,37H,7-8,10-12,14,18H2,1H3,(H2,36,40). The first kappa shape index (κ1) is 31.3. The number of carbonyl (C=O) groups excluding carboxylic acids is 2. The van der Waals surface area contributed by atoms with Crippen LogP contribution < -0.4 is 30.2 Å². The molecule has 1 aliphatic rings. The number of anilines is 1. The minimum absolute atomic E-state index is 0.0261. The van der Waals surface area contributed by atoms with E-state index in [1.54, 1.807) is 49.7 Å². The second-order valence-corrected chi connectivity index (χ2v) is 11.1. The molecule has 2 amide bonds. The SMILES string of the molecule is COc1cc2c(Oc3ccc(N(CCc4c(Cl)cccc4Cl)C(=O)C(N)=O)cc3F)ccnc2cc1OCC1CCNCC1. The Labute approximate surface area is 264 Å². The van der Waals surface area contributed by atoms with Crippen molar-refractivity contribution in [3.05, 3.63) is 82.2 Å². The second-order valence-electron chi connectivity index (χ2n) is 10.3. The van der Waals surface area contributed by atoms with Crippen molar-refractivity contribution in [3.63, 3.8) is 0 Å². The van der Waals surface area contributed by atoms with E-state index in [0.717, 1.165) is 36.9 Å². The van der Waals surface area contributed by atoms with Crippen LogP contribution in [0, 0.1) is 11.7 Å². The van der Waals surface area contributed by atoms with Crippen LogP contribution in [0.25, 0.3) is 10.9 Å². The third-order valence-corrected chi connectivity index (χ3v) is 8.18. The number of amides is 2. The zero-order valence-corrected chi connectivity index (χ0v) is 25.5. The number of ether oxygens (including phenoxy) is 3. The molecule has 2 heterocycles.